The van der Waals surface area contributed by atoms with Gasteiger partial charge in [0.1, 0.15) is 0 Å². The number of hydrogen-bond donors (Lipinski definition) is 1. The summed E-state index contributed by atoms with van der Waals surface area (Å²) in [6.45, 7) is 7.50. The van der Waals surface area contributed by atoms with Gasteiger partial charge >= 0.3 is 0 Å². The zero-order chi connectivity index (χ0) is 13.6. The highest BCUT2D eigenvalue weighted by Crippen LogP contribution is 2.21. The van der Waals surface area contributed by atoms with Gasteiger partial charge in [-0.25, -0.2) is 0 Å². The van der Waals surface area contributed by atoms with Crippen LogP contribution < -0.4 is 5.32 Å². The van der Waals surface area contributed by atoms with Crippen LogP contribution in [0.1, 0.15) is 32.8 Å². The number of rotatable bonds is 5. The van der Waals surface area contributed by atoms with Crippen LogP contribution in [0.5, 0.6) is 0 Å². The van der Waals surface area contributed by atoms with Crippen molar-refractivity contribution >= 4 is 23.2 Å². The quantitative estimate of drug-likeness (QED) is 0.601. The van der Waals surface area contributed by atoms with E-state index in [-0.39, 0.29) is 5.54 Å². The first kappa shape index (κ1) is 15.6. The molecule has 0 amide bonds. The van der Waals surface area contributed by atoms with Crippen molar-refractivity contribution in [1.82, 2.24) is 5.32 Å². The molecule has 0 aliphatic heterocycles. The van der Waals surface area contributed by atoms with E-state index in [9.17, 15) is 0 Å². The smallest absolute Gasteiger partial charge is 0.0442 e. The molecule has 0 aliphatic carbocycles. The molecule has 0 fully saturated rings. The number of halogens is 2. The minimum atomic E-state index is 0.185. The van der Waals surface area contributed by atoms with E-state index < -0.39 is 0 Å². The van der Waals surface area contributed by atoms with E-state index in [1.807, 2.05) is 18.2 Å². The molecule has 3 heteroatoms. The highest BCUT2D eigenvalue weighted by atomic mass is 35.5. The Hall–Kier alpha value is -0.500. The van der Waals surface area contributed by atoms with Gasteiger partial charge in [-0.15, -0.1) is 0 Å². The summed E-state index contributed by atoms with van der Waals surface area (Å²) >= 11 is 12.0. The van der Waals surface area contributed by atoms with Crippen LogP contribution >= 0.6 is 23.2 Å². The van der Waals surface area contributed by atoms with Crippen LogP contribution in [0.15, 0.2) is 30.4 Å². The van der Waals surface area contributed by atoms with Crippen molar-refractivity contribution in [2.45, 2.75) is 39.2 Å². The molecule has 1 rings (SSSR count). The van der Waals surface area contributed by atoms with E-state index in [0.717, 1.165) is 35.0 Å². The lowest BCUT2D eigenvalue weighted by atomic mass is 10.1. The molecule has 1 aromatic carbocycles. The Morgan fingerprint density at radius 1 is 1.17 bits per heavy atom. The molecule has 0 heterocycles. The minimum Gasteiger partial charge on any atom is -0.312 e. The van der Waals surface area contributed by atoms with E-state index in [2.05, 4.69) is 38.2 Å². The molecule has 0 spiro atoms. The average Bonchev–Trinajstić information content (AvgIpc) is 2.26. The summed E-state index contributed by atoms with van der Waals surface area (Å²) in [5.74, 6) is 0. The van der Waals surface area contributed by atoms with Gasteiger partial charge in [0, 0.05) is 15.6 Å². The van der Waals surface area contributed by atoms with E-state index in [1.165, 1.54) is 0 Å². The van der Waals surface area contributed by atoms with Crippen LogP contribution in [0.4, 0.5) is 0 Å². The highest BCUT2D eigenvalue weighted by molar-refractivity contribution is 6.33. The molecule has 1 aromatic rings. The first-order chi connectivity index (χ1) is 8.38. The Morgan fingerprint density at radius 3 is 2.56 bits per heavy atom. The third kappa shape index (κ3) is 6.44. The first-order valence-electron chi connectivity index (χ1n) is 6.22. The molecule has 100 valence electrons. The zero-order valence-corrected chi connectivity index (χ0v) is 12.8. The van der Waals surface area contributed by atoms with Crippen molar-refractivity contribution in [2.75, 3.05) is 6.54 Å². The molecule has 0 unspecified atom stereocenters. The molecule has 0 saturated heterocycles. The normalized spacial score (nSPS) is 12.3. The summed E-state index contributed by atoms with van der Waals surface area (Å²) in [4.78, 5) is 0. The number of benzene rings is 1. The second kappa shape index (κ2) is 7.18. The first-order valence-corrected chi connectivity index (χ1v) is 6.98. The monoisotopic (exact) mass is 285 g/mol. The lowest BCUT2D eigenvalue weighted by Gasteiger charge is -2.19. The topological polar surface area (TPSA) is 12.0 Å². The Bertz CT molecular complexity index is 405. The van der Waals surface area contributed by atoms with Crippen LogP contribution in [-0.2, 0) is 6.42 Å². The van der Waals surface area contributed by atoms with Gasteiger partial charge in [0.05, 0.1) is 0 Å². The van der Waals surface area contributed by atoms with Gasteiger partial charge in [-0.2, -0.15) is 0 Å². The fraction of sp³-hybridized carbons (Fsp3) is 0.467. The maximum atomic E-state index is 6.09. The fourth-order valence-corrected chi connectivity index (χ4v) is 1.95. The molecule has 0 saturated carbocycles. The average molecular weight is 286 g/mol. The summed E-state index contributed by atoms with van der Waals surface area (Å²) < 4.78 is 0. The minimum absolute atomic E-state index is 0.185. The molecular formula is C15H21Cl2N. The Kier molecular flexibility index (Phi) is 6.20. The fourth-order valence-electron chi connectivity index (χ4n) is 1.56. The standard InChI is InChI=1S/C15H21Cl2N/c1-15(2,3)18-10-6-4-5-7-12-11-13(16)8-9-14(12)17/h4-5,8-9,11,18H,6-7,10H2,1-3H3. The highest BCUT2D eigenvalue weighted by Gasteiger charge is 2.06. The molecule has 0 aromatic heterocycles. The molecule has 0 atom stereocenters. The van der Waals surface area contributed by atoms with E-state index >= 15 is 0 Å². The summed E-state index contributed by atoms with van der Waals surface area (Å²) in [7, 11) is 0. The molecule has 18 heavy (non-hydrogen) atoms. The molecule has 0 bridgehead atoms. The van der Waals surface area contributed by atoms with Gasteiger partial charge in [0.2, 0.25) is 0 Å². The van der Waals surface area contributed by atoms with Crippen molar-refractivity contribution in [3.8, 4) is 0 Å². The summed E-state index contributed by atoms with van der Waals surface area (Å²) in [5.41, 5.74) is 1.26. The van der Waals surface area contributed by atoms with E-state index in [0.29, 0.717) is 0 Å². The third-order valence-corrected chi connectivity index (χ3v) is 3.08. The number of allylic oxidation sites excluding steroid dienone is 1. The SMILES string of the molecule is CC(C)(C)NCCC=CCc1cc(Cl)ccc1Cl. The largest absolute Gasteiger partial charge is 0.312 e. The van der Waals surface area contributed by atoms with Gasteiger partial charge in [-0.05, 0) is 63.9 Å². The van der Waals surface area contributed by atoms with E-state index in [4.69, 9.17) is 23.2 Å². The van der Waals surface area contributed by atoms with Gasteiger partial charge < -0.3 is 5.32 Å². The van der Waals surface area contributed by atoms with Gasteiger partial charge in [-0.3, -0.25) is 0 Å². The Balaban J connectivity index is 2.34. The number of hydrogen-bond acceptors (Lipinski definition) is 1. The van der Waals surface area contributed by atoms with Crippen LogP contribution in [0.3, 0.4) is 0 Å². The maximum Gasteiger partial charge on any atom is 0.0442 e. The van der Waals surface area contributed by atoms with Crippen molar-refractivity contribution < 1.29 is 0 Å². The molecule has 1 N–H and O–H groups in total. The van der Waals surface area contributed by atoms with Gasteiger partial charge in [-0.1, -0.05) is 35.4 Å². The summed E-state index contributed by atoms with van der Waals surface area (Å²) in [5, 5.41) is 4.95. The van der Waals surface area contributed by atoms with Crippen molar-refractivity contribution in [1.29, 1.82) is 0 Å². The lowest BCUT2D eigenvalue weighted by Crippen LogP contribution is -2.36. The van der Waals surface area contributed by atoms with Crippen LogP contribution in [0.25, 0.3) is 0 Å². The zero-order valence-electron chi connectivity index (χ0n) is 11.3. The van der Waals surface area contributed by atoms with Crippen LogP contribution in [0, 0.1) is 0 Å². The summed E-state index contributed by atoms with van der Waals surface area (Å²) in [6, 6.07) is 5.57. The Labute approximate surface area is 120 Å². The second-order valence-corrected chi connectivity index (χ2v) is 6.22. The third-order valence-electron chi connectivity index (χ3n) is 2.48. The van der Waals surface area contributed by atoms with E-state index in [1.54, 1.807) is 0 Å². The van der Waals surface area contributed by atoms with Crippen LogP contribution in [0.2, 0.25) is 10.0 Å². The molecule has 0 radical (unpaired) electrons. The predicted molar refractivity (Wildman–Crippen MR) is 81.7 cm³/mol. The van der Waals surface area contributed by atoms with Crippen LogP contribution in [-0.4, -0.2) is 12.1 Å². The Morgan fingerprint density at radius 2 is 1.89 bits per heavy atom. The van der Waals surface area contributed by atoms with Crippen molar-refractivity contribution in [2.24, 2.45) is 0 Å². The number of nitrogens with one attached hydrogen (secondary N) is 1. The van der Waals surface area contributed by atoms with Crippen molar-refractivity contribution in [3.63, 3.8) is 0 Å². The van der Waals surface area contributed by atoms with Gasteiger partial charge in [0.15, 0.2) is 0 Å². The molecular weight excluding hydrogens is 265 g/mol. The maximum absolute atomic E-state index is 6.09. The van der Waals surface area contributed by atoms with Gasteiger partial charge in [0.25, 0.3) is 0 Å². The predicted octanol–water partition coefficient (Wildman–Crippen LogP) is 4.87. The molecule has 1 nitrogen and oxygen atoms in total. The van der Waals surface area contributed by atoms with Crippen molar-refractivity contribution in [3.05, 3.63) is 46.0 Å². The summed E-state index contributed by atoms with van der Waals surface area (Å²) in [6.07, 6.45) is 6.17. The molecule has 0 aliphatic rings. The lowest BCUT2D eigenvalue weighted by molar-refractivity contribution is 0.431. The second-order valence-electron chi connectivity index (χ2n) is 5.38.